The van der Waals surface area contributed by atoms with E-state index in [2.05, 4.69) is 9.97 Å². The number of nitrogens with zero attached hydrogens (tertiary/aromatic N) is 3. The Hall–Kier alpha value is -3.74. The Morgan fingerprint density at radius 3 is 2.67 bits per heavy atom. The number of hydrogen-bond donors (Lipinski definition) is 1. The van der Waals surface area contributed by atoms with Gasteiger partial charge in [-0.1, -0.05) is 37.3 Å². The standard InChI is InChI=1S/C26H28N4O3/c1-2-12-29-13-14-30(25(32)21-9-10-24(31)28-17-21)18-22(26(29)33)15-19-6-3-4-8-23(19)20-7-5-11-27-16-20/h3-11,16-17,22H,2,12-15,18H2,1H3,(H,28,31). The Kier molecular flexibility index (Phi) is 6.98. The van der Waals surface area contributed by atoms with Crippen molar-refractivity contribution in [3.8, 4) is 11.1 Å². The van der Waals surface area contributed by atoms with Crippen LogP contribution in [0.2, 0.25) is 0 Å². The topological polar surface area (TPSA) is 86.4 Å². The summed E-state index contributed by atoms with van der Waals surface area (Å²) in [5, 5.41) is 0. The molecule has 1 saturated heterocycles. The van der Waals surface area contributed by atoms with E-state index in [0.29, 0.717) is 38.2 Å². The molecule has 0 saturated carbocycles. The van der Waals surface area contributed by atoms with Crippen LogP contribution in [-0.4, -0.2) is 57.8 Å². The summed E-state index contributed by atoms with van der Waals surface area (Å²) >= 11 is 0. The van der Waals surface area contributed by atoms with Gasteiger partial charge >= 0.3 is 0 Å². The van der Waals surface area contributed by atoms with E-state index in [4.69, 9.17) is 0 Å². The van der Waals surface area contributed by atoms with Crippen LogP contribution in [0.25, 0.3) is 11.1 Å². The summed E-state index contributed by atoms with van der Waals surface area (Å²) in [6.07, 6.45) is 6.39. The van der Waals surface area contributed by atoms with Crippen LogP contribution in [0.15, 0.2) is 71.9 Å². The third-order valence-corrected chi connectivity index (χ3v) is 6.01. The zero-order valence-electron chi connectivity index (χ0n) is 18.7. The first-order valence-corrected chi connectivity index (χ1v) is 11.3. The van der Waals surface area contributed by atoms with E-state index >= 15 is 0 Å². The summed E-state index contributed by atoms with van der Waals surface area (Å²) in [6.45, 7) is 4.01. The van der Waals surface area contributed by atoms with Gasteiger partial charge in [-0.15, -0.1) is 0 Å². The van der Waals surface area contributed by atoms with Crippen LogP contribution >= 0.6 is 0 Å². The maximum absolute atomic E-state index is 13.5. The van der Waals surface area contributed by atoms with Crippen molar-refractivity contribution in [3.63, 3.8) is 0 Å². The molecule has 2 amide bonds. The largest absolute Gasteiger partial charge is 0.341 e. The number of aromatic nitrogens is 2. The Morgan fingerprint density at radius 2 is 1.94 bits per heavy atom. The zero-order valence-corrected chi connectivity index (χ0v) is 18.7. The second-order valence-electron chi connectivity index (χ2n) is 8.32. The lowest BCUT2D eigenvalue weighted by Crippen LogP contribution is -2.38. The van der Waals surface area contributed by atoms with E-state index in [9.17, 15) is 14.4 Å². The van der Waals surface area contributed by atoms with Gasteiger partial charge in [-0.2, -0.15) is 0 Å². The summed E-state index contributed by atoms with van der Waals surface area (Å²) in [7, 11) is 0. The molecule has 1 aliphatic rings. The molecule has 2 aromatic heterocycles. The molecule has 1 N–H and O–H groups in total. The Morgan fingerprint density at radius 1 is 1.09 bits per heavy atom. The van der Waals surface area contributed by atoms with Gasteiger partial charge in [0.1, 0.15) is 0 Å². The van der Waals surface area contributed by atoms with Crippen LogP contribution < -0.4 is 5.56 Å². The first-order chi connectivity index (χ1) is 16.1. The van der Waals surface area contributed by atoms with Gasteiger partial charge in [0.25, 0.3) is 5.91 Å². The van der Waals surface area contributed by atoms with Crippen molar-refractivity contribution >= 4 is 11.8 Å². The summed E-state index contributed by atoms with van der Waals surface area (Å²) in [6, 6.07) is 14.8. The maximum atomic E-state index is 13.5. The molecule has 1 unspecified atom stereocenters. The highest BCUT2D eigenvalue weighted by Gasteiger charge is 2.32. The highest BCUT2D eigenvalue weighted by molar-refractivity contribution is 5.94. The van der Waals surface area contributed by atoms with E-state index in [1.165, 1.54) is 18.3 Å². The van der Waals surface area contributed by atoms with Crippen LogP contribution in [-0.2, 0) is 11.2 Å². The normalized spacial score (nSPS) is 16.5. The number of carbonyl (C=O) groups is 2. The van der Waals surface area contributed by atoms with Crippen molar-refractivity contribution in [1.29, 1.82) is 0 Å². The first kappa shape index (κ1) is 22.5. The second kappa shape index (κ2) is 10.3. The Bertz CT molecular complexity index is 1150. The lowest BCUT2D eigenvalue weighted by molar-refractivity contribution is -0.134. The number of aromatic amines is 1. The quantitative estimate of drug-likeness (QED) is 0.633. The molecule has 1 aliphatic heterocycles. The Labute approximate surface area is 193 Å². The fourth-order valence-electron chi connectivity index (χ4n) is 4.37. The van der Waals surface area contributed by atoms with E-state index in [1.54, 1.807) is 11.1 Å². The van der Waals surface area contributed by atoms with Crippen molar-refractivity contribution in [2.75, 3.05) is 26.2 Å². The molecule has 0 bridgehead atoms. The van der Waals surface area contributed by atoms with Crippen LogP contribution in [0.4, 0.5) is 0 Å². The van der Waals surface area contributed by atoms with Gasteiger partial charge in [-0.25, -0.2) is 0 Å². The minimum absolute atomic E-state index is 0.0783. The average Bonchev–Trinajstić information content (AvgIpc) is 2.99. The Balaban J connectivity index is 1.63. The van der Waals surface area contributed by atoms with Crippen molar-refractivity contribution in [1.82, 2.24) is 19.8 Å². The van der Waals surface area contributed by atoms with Crippen molar-refractivity contribution in [2.24, 2.45) is 5.92 Å². The van der Waals surface area contributed by atoms with Gasteiger partial charge in [0.05, 0.1) is 11.5 Å². The number of hydrogen-bond acceptors (Lipinski definition) is 4. The zero-order chi connectivity index (χ0) is 23.2. The van der Waals surface area contributed by atoms with E-state index < -0.39 is 0 Å². The number of pyridine rings is 2. The molecule has 1 fully saturated rings. The monoisotopic (exact) mass is 444 g/mol. The number of benzene rings is 1. The molecule has 33 heavy (non-hydrogen) atoms. The number of rotatable bonds is 6. The van der Waals surface area contributed by atoms with E-state index in [-0.39, 0.29) is 23.3 Å². The molecule has 1 aromatic carbocycles. The number of H-pyrrole nitrogens is 1. The molecule has 7 heteroatoms. The summed E-state index contributed by atoms with van der Waals surface area (Å²) in [4.78, 5) is 48.5. The molecule has 3 heterocycles. The van der Waals surface area contributed by atoms with Crippen LogP contribution in [0, 0.1) is 5.92 Å². The highest BCUT2D eigenvalue weighted by Crippen LogP contribution is 2.27. The highest BCUT2D eigenvalue weighted by atomic mass is 16.2. The van der Waals surface area contributed by atoms with Gasteiger partial charge < -0.3 is 14.8 Å². The molecule has 7 nitrogen and oxygen atoms in total. The molecule has 0 aliphatic carbocycles. The van der Waals surface area contributed by atoms with Gasteiger partial charge in [-0.05, 0) is 36.1 Å². The number of carbonyl (C=O) groups excluding carboxylic acids is 2. The van der Waals surface area contributed by atoms with Gasteiger partial charge in [0.15, 0.2) is 0 Å². The summed E-state index contributed by atoms with van der Waals surface area (Å²) in [5.74, 6) is -0.457. The number of amides is 2. The SMILES string of the molecule is CCCN1CCN(C(=O)c2ccc(=O)[nH]c2)CC(Cc2ccccc2-c2cccnc2)C1=O. The predicted octanol–water partition coefficient (Wildman–Crippen LogP) is 2.99. The summed E-state index contributed by atoms with van der Waals surface area (Å²) < 4.78 is 0. The maximum Gasteiger partial charge on any atom is 0.255 e. The third kappa shape index (κ3) is 5.19. The van der Waals surface area contributed by atoms with E-state index in [0.717, 1.165) is 23.1 Å². The van der Waals surface area contributed by atoms with Crippen molar-refractivity contribution in [2.45, 2.75) is 19.8 Å². The van der Waals surface area contributed by atoms with Crippen LogP contribution in [0.3, 0.4) is 0 Å². The smallest absolute Gasteiger partial charge is 0.255 e. The van der Waals surface area contributed by atoms with Crippen LogP contribution in [0.5, 0.6) is 0 Å². The van der Waals surface area contributed by atoms with Gasteiger partial charge in [0, 0.05) is 56.4 Å². The van der Waals surface area contributed by atoms with E-state index in [1.807, 2.05) is 54.4 Å². The minimum Gasteiger partial charge on any atom is -0.341 e. The van der Waals surface area contributed by atoms with Crippen LogP contribution in [0.1, 0.15) is 29.3 Å². The number of nitrogens with one attached hydrogen (secondary N) is 1. The fourth-order valence-corrected chi connectivity index (χ4v) is 4.37. The lowest BCUT2D eigenvalue weighted by atomic mass is 9.91. The fraction of sp³-hybridized carbons (Fsp3) is 0.308. The molecular weight excluding hydrogens is 416 g/mol. The lowest BCUT2D eigenvalue weighted by Gasteiger charge is -2.24. The molecule has 0 radical (unpaired) electrons. The minimum atomic E-state index is -0.358. The molecular formula is C26H28N4O3. The van der Waals surface area contributed by atoms with Gasteiger partial charge in [0.2, 0.25) is 11.5 Å². The average molecular weight is 445 g/mol. The summed E-state index contributed by atoms with van der Waals surface area (Å²) in [5.41, 5.74) is 3.26. The van der Waals surface area contributed by atoms with Crippen molar-refractivity contribution < 1.29 is 9.59 Å². The molecule has 4 rings (SSSR count). The third-order valence-electron chi connectivity index (χ3n) is 6.01. The molecule has 0 spiro atoms. The molecule has 3 aromatic rings. The predicted molar refractivity (Wildman–Crippen MR) is 127 cm³/mol. The van der Waals surface area contributed by atoms with Crippen molar-refractivity contribution in [3.05, 3.63) is 88.6 Å². The molecule has 170 valence electrons. The first-order valence-electron chi connectivity index (χ1n) is 11.3. The second-order valence-corrected chi connectivity index (χ2v) is 8.32. The molecule has 1 atom stereocenters. The van der Waals surface area contributed by atoms with Gasteiger partial charge in [-0.3, -0.25) is 19.4 Å².